The van der Waals surface area contributed by atoms with Crippen molar-refractivity contribution in [2.24, 2.45) is 0 Å². The van der Waals surface area contributed by atoms with Gasteiger partial charge in [0.15, 0.2) is 6.61 Å². The molecule has 0 saturated carbocycles. The number of hydrogen-bond acceptors (Lipinski definition) is 4. The van der Waals surface area contributed by atoms with Crippen molar-refractivity contribution in [3.05, 3.63) is 90.5 Å². The highest BCUT2D eigenvalue weighted by Crippen LogP contribution is 2.23. The van der Waals surface area contributed by atoms with Crippen molar-refractivity contribution in [3.63, 3.8) is 0 Å². The van der Waals surface area contributed by atoms with Crippen molar-refractivity contribution >= 4 is 11.9 Å². The van der Waals surface area contributed by atoms with E-state index in [2.05, 4.69) is 0 Å². The van der Waals surface area contributed by atoms with Crippen LogP contribution in [0.5, 0.6) is 5.75 Å². The first-order chi connectivity index (χ1) is 14.0. The summed E-state index contributed by atoms with van der Waals surface area (Å²) in [5.41, 5.74) is 2.78. The fourth-order valence-electron chi connectivity index (χ4n) is 2.81. The van der Waals surface area contributed by atoms with Crippen molar-refractivity contribution in [2.45, 2.75) is 6.10 Å². The number of rotatable bonds is 7. The van der Waals surface area contributed by atoms with Gasteiger partial charge in [0.2, 0.25) is 6.10 Å². The topological polar surface area (TPSA) is 55.8 Å². The molecule has 0 spiro atoms. The molecule has 29 heavy (non-hydrogen) atoms. The second-order valence-electron chi connectivity index (χ2n) is 6.69. The third kappa shape index (κ3) is 5.45. The van der Waals surface area contributed by atoms with Gasteiger partial charge in [-0.3, -0.25) is 4.79 Å². The predicted octanol–water partition coefficient (Wildman–Crippen LogP) is 4.11. The highest BCUT2D eigenvalue weighted by molar-refractivity contribution is 5.85. The van der Waals surface area contributed by atoms with Crippen LogP contribution in [-0.2, 0) is 14.3 Å². The van der Waals surface area contributed by atoms with Gasteiger partial charge >= 0.3 is 5.97 Å². The molecule has 0 saturated heterocycles. The van der Waals surface area contributed by atoms with E-state index in [1.165, 1.54) is 4.90 Å². The van der Waals surface area contributed by atoms with E-state index in [0.717, 1.165) is 11.1 Å². The third-order valence-corrected chi connectivity index (χ3v) is 4.33. The van der Waals surface area contributed by atoms with E-state index in [9.17, 15) is 9.59 Å². The Hall–Kier alpha value is -3.60. The monoisotopic (exact) mass is 389 g/mol. The van der Waals surface area contributed by atoms with E-state index in [-0.39, 0.29) is 12.5 Å². The first-order valence-corrected chi connectivity index (χ1v) is 9.28. The van der Waals surface area contributed by atoms with E-state index in [1.807, 2.05) is 48.5 Å². The maximum atomic E-state index is 12.4. The molecule has 3 rings (SSSR count). The van der Waals surface area contributed by atoms with E-state index in [4.69, 9.17) is 9.47 Å². The molecule has 3 aromatic carbocycles. The summed E-state index contributed by atoms with van der Waals surface area (Å²) in [6.45, 7) is -0.283. The molecule has 0 radical (unpaired) electrons. The molecule has 0 N–H and O–H groups in total. The largest absolute Gasteiger partial charge is 0.482 e. The number of likely N-dealkylation sites (N-methyl/N-ethyl adjacent to an activating group) is 1. The molecule has 0 aliphatic carbocycles. The van der Waals surface area contributed by atoms with Crippen LogP contribution in [-0.4, -0.2) is 37.5 Å². The predicted molar refractivity (Wildman–Crippen MR) is 111 cm³/mol. The molecular weight excluding hydrogens is 366 g/mol. The lowest BCUT2D eigenvalue weighted by Crippen LogP contribution is -2.32. The minimum atomic E-state index is -0.997. The lowest BCUT2D eigenvalue weighted by atomic mass is 10.1. The Labute approximate surface area is 170 Å². The summed E-state index contributed by atoms with van der Waals surface area (Å²) < 4.78 is 11.0. The fraction of sp³-hybridized carbons (Fsp3) is 0.167. The zero-order chi connectivity index (χ0) is 20.6. The van der Waals surface area contributed by atoms with Crippen LogP contribution in [0.3, 0.4) is 0 Å². The average molecular weight is 389 g/mol. The lowest BCUT2D eigenvalue weighted by molar-refractivity contribution is -0.161. The van der Waals surface area contributed by atoms with Gasteiger partial charge in [0.05, 0.1) is 0 Å². The number of amides is 1. The normalized spacial score (nSPS) is 11.4. The lowest BCUT2D eigenvalue weighted by Gasteiger charge is -2.21. The van der Waals surface area contributed by atoms with Crippen LogP contribution in [0, 0.1) is 0 Å². The van der Waals surface area contributed by atoms with Crippen LogP contribution in [0.15, 0.2) is 84.9 Å². The molecule has 0 unspecified atom stereocenters. The fourth-order valence-corrected chi connectivity index (χ4v) is 2.81. The zero-order valence-electron chi connectivity index (χ0n) is 16.4. The number of esters is 1. The van der Waals surface area contributed by atoms with E-state index < -0.39 is 12.1 Å². The SMILES string of the molecule is CN(C)C(=O)[C@@H](OC(=O)COc1ccc(-c2ccccc2)cc1)c1ccccc1. The highest BCUT2D eigenvalue weighted by Gasteiger charge is 2.26. The summed E-state index contributed by atoms with van der Waals surface area (Å²) in [4.78, 5) is 26.1. The van der Waals surface area contributed by atoms with Crippen LogP contribution in [0.25, 0.3) is 11.1 Å². The molecule has 5 heteroatoms. The second-order valence-corrected chi connectivity index (χ2v) is 6.69. The van der Waals surface area contributed by atoms with Crippen molar-refractivity contribution in [2.75, 3.05) is 20.7 Å². The summed E-state index contributed by atoms with van der Waals surface area (Å²) >= 11 is 0. The van der Waals surface area contributed by atoms with Crippen molar-refractivity contribution in [1.29, 1.82) is 0 Å². The maximum Gasteiger partial charge on any atom is 0.345 e. The summed E-state index contributed by atoms with van der Waals surface area (Å²) in [5, 5.41) is 0. The number of hydrogen-bond donors (Lipinski definition) is 0. The van der Waals surface area contributed by atoms with Gasteiger partial charge in [0.25, 0.3) is 5.91 Å². The number of nitrogens with zero attached hydrogens (tertiary/aromatic N) is 1. The van der Waals surface area contributed by atoms with Crippen molar-refractivity contribution in [3.8, 4) is 16.9 Å². The Kier molecular flexibility index (Phi) is 6.63. The molecular formula is C24H23NO4. The number of ether oxygens (including phenoxy) is 2. The minimum Gasteiger partial charge on any atom is -0.482 e. The molecule has 0 bridgehead atoms. The molecule has 0 aliphatic heterocycles. The molecule has 0 fully saturated rings. The zero-order valence-corrected chi connectivity index (χ0v) is 16.4. The Morgan fingerprint density at radius 1 is 0.793 bits per heavy atom. The summed E-state index contributed by atoms with van der Waals surface area (Å²) in [6, 6.07) is 26.4. The van der Waals surface area contributed by atoms with Gasteiger partial charge in [-0.1, -0.05) is 72.8 Å². The quantitative estimate of drug-likeness (QED) is 0.571. The number of carbonyl (C=O) groups excluding carboxylic acids is 2. The van der Waals surface area contributed by atoms with Crippen LogP contribution in [0.1, 0.15) is 11.7 Å². The molecule has 1 amide bonds. The van der Waals surface area contributed by atoms with Crippen molar-refractivity contribution in [1.82, 2.24) is 4.90 Å². The van der Waals surface area contributed by atoms with Gasteiger partial charge < -0.3 is 14.4 Å². The number of benzene rings is 3. The van der Waals surface area contributed by atoms with Gasteiger partial charge in [-0.15, -0.1) is 0 Å². The Balaban J connectivity index is 1.61. The second kappa shape index (κ2) is 9.55. The molecule has 0 aliphatic rings. The van der Waals surface area contributed by atoms with Gasteiger partial charge in [0.1, 0.15) is 5.75 Å². The van der Waals surface area contributed by atoms with Crippen LogP contribution in [0.4, 0.5) is 0 Å². The van der Waals surface area contributed by atoms with Crippen LogP contribution < -0.4 is 4.74 Å². The highest BCUT2D eigenvalue weighted by atomic mass is 16.6. The molecule has 5 nitrogen and oxygen atoms in total. The first kappa shape index (κ1) is 20.1. The molecule has 0 aromatic heterocycles. The van der Waals surface area contributed by atoms with Gasteiger partial charge in [-0.05, 0) is 23.3 Å². The van der Waals surface area contributed by atoms with E-state index >= 15 is 0 Å². The Morgan fingerprint density at radius 2 is 1.34 bits per heavy atom. The van der Waals surface area contributed by atoms with Crippen LogP contribution >= 0.6 is 0 Å². The summed E-state index contributed by atoms with van der Waals surface area (Å²) in [5.74, 6) is -0.366. The molecule has 0 heterocycles. The standard InChI is InChI=1S/C24H23NO4/c1-25(2)24(27)23(20-11-7-4-8-12-20)29-22(26)17-28-21-15-13-19(14-16-21)18-9-5-3-6-10-18/h3-16,23H,17H2,1-2H3/t23-/m0/s1. The molecule has 148 valence electrons. The van der Waals surface area contributed by atoms with Gasteiger partial charge in [-0.25, -0.2) is 4.79 Å². The number of carbonyl (C=O) groups is 2. The third-order valence-electron chi connectivity index (χ3n) is 4.33. The summed E-state index contributed by atoms with van der Waals surface area (Å²) in [7, 11) is 3.24. The molecule has 3 aromatic rings. The summed E-state index contributed by atoms with van der Waals surface area (Å²) in [6.07, 6.45) is -0.997. The van der Waals surface area contributed by atoms with Gasteiger partial charge in [-0.2, -0.15) is 0 Å². The Bertz CT molecular complexity index is 938. The Morgan fingerprint density at radius 3 is 1.93 bits per heavy atom. The van der Waals surface area contributed by atoms with Gasteiger partial charge in [0, 0.05) is 19.7 Å². The van der Waals surface area contributed by atoms with Crippen molar-refractivity contribution < 1.29 is 19.1 Å². The van der Waals surface area contributed by atoms with E-state index in [1.54, 1.807) is 50.5 Å². The smallest absolute Gasteiger partial charge is 0.345 e. The van der Waals surface area contributed by atoms with Crippen LogP contribution in [0.2, 0.25) is 0 Å². The maximum absolute atomic E-state index is 12.4. The average Bonchev–Trinajstić information content (AvgIpc) is 2.77. The minimum absolute atomic E-state index is 0.283. The first-order valence-electron chi connectivity index (χ1n) is 9.28. The molecule has 1 atom stereocenters. The van der Waals surface area contributed by atoms with E-state index in [0.29, 0.717) is 11.3 Å².